The van der Waals surface area contributed by atoms with E-state index < -0.39 is 18.0 Å². The quantitative estimate of drug-likeness (QED) is 0.539. The molecule has 3 unspecified atom stereocenters. The molecule has 0 saturated heterocycles. The summed E-state index contributed by atoms with van der Waals surface area (Å²) < 4.78 is 4.73. The zero-order valence-electron chi connectivity index (χ0n) is 10.5. The molecule has 0 bridgehead atoms. The summed E-state index contributed by atoms with van der Waals surface area (Å²) in [6, 6.07) is -1.71. The molecule has 0 aromatic carbocycles. The molecule has 3 atom stereocenters. The van der Waals surface area contributed by atoms with E-state index in [9.17, 15) is 9.59 Å². The topological polar surface area (TPSA) is 114 Å². The smallest absolute Gasteiger partial charge is 0.328 e. The van der Waals surface area contributed by atoms with Crippen LogP contribution in [0.2, 0.25) is 0 Å². The fourth-order valence-corrected chi connectivity index (χ4v) is 2.05. The van der Waals surface area contributed by atoms with Gasteiger partial charge < -0.3 is 26.2 Å². The van der Waals surface area contributed by atoms with E-state index in [-0.39, 0.29) is 18.7 Å². The molecule has 1 aliphatic carbocycles. The van der Waals surface area contributed by atoms with Gasteiger partial charge in [0.25, 0.3) is 0 Å². The summed E-state index contributed by atoms with van der Waals surface area (Å²) in [6.45, 7) is -0.0700. The Labute approximate surface area is 106 Å². The van der Waals surface area contributed by atoms with Crippen LogP contribution in [0.5, 0.6) is 0 Å². The molecule has 0 aliphatic heterocycles. The van der Waals surface area contributed by atoms with Gasteiger partial charge >= 0.3 is 12.0 Å². The summed E-state index contributed by atoms with van der Waals surface area (Å²) in [5.41, 5.74) is 5.89. The highest BCUT2D eigenvalue weighted by Gasteiger charge is 2.25. The van der Waals surface area contributed by atoms with Gasteiger partial charge in [-0.15, -0.1) is 0 Å². The van der Waals surface area contributed by atoms with Gasteiger partial charge in [0, 0.05) is 19.2 Å². The third-order valence-electron chi connectivity index (χ3n) is 3.07. The van der Waals surface area contributed by atoms with Crippen LogP contribution in [0.25, 0.3) is 0 Å². The Balaban J connectivity index is 2.41. The number of carboxylic acids is 1. The van der Waals surface area contributed by atoms with Crippen LogP contribution in [0, 0.1) is 0 Å². The summed E-state index contributed by atoms with van der Waals surface area (Å²) in [6.07, 6.45) is 3.81. The molecule has 0 radical (unpaired) electrons. The van der Waals surface area contributed by atoms with Gasteiger partial charge in [-0.1, -0.05) is 12.8 Å². The average Bonchev–Trinajstić information content (AvgIpc) is 2.31. The van der Waals surface area contributed by atoms with E-state index in [1.807, 2.05) is 0 Å². The van der Waals surface area contributed by atoms with Gasteiger partial charge in [0.1, 0.15) is 0 Å². The minimum Gasteiger partial charge on any atom is -0.480 e. The molecule has 1 saturated carbocycles. The van der Waals surface area contributed by atoms with Crippen LogP contribution in [0.15, 0.2) is 0 Å². The molecule has 0 heterocycles. The lowest BCUT2D eigenvalue weighted by atomic mass is 9.91. The fourth-order valence-electron chi connectivity index (χ4n) is 2.05. The number of methoxy groups -OCH3 is 1. The molecule has 7 heteroatoms. The van der Waals surface area contributed by atoms with Gasteiger partial charge in [0.2, 0.25) is 0 Å². The molecular formula is C11H21N3O4. The van der Waals surface area contributed by atoms with Gasteiger partial charge in [-0.3, -0.25) is 0 Å². The number of carbonyl (C=O) groups excluding carboxylic acids is 1. The third kappa shape index (κ3) is 4.50. The molecule has 18 heavy (non-hydrogen) atoms. The zero-order valence-corrected chi connectivity index (χ0v) is 10.5. The molecule has 1 aliphatic rings. The number of hydrogen-bond acceptors (Lipinski definition) is 4. The summed E-state index contributed by atoms with van der Waals surface area (Å²) in [7, 11) is 1.38. The van der Waals surface area contributed by atoms with Crippen molar-refractivity contribution < 1.29 is 19.4 Å². The first-order valence-corrected chi connectivity index (χ1v) is 6.09. The van der Waals surface area contributed by atoms with Crippen molar-refractivity contribution in [1.29, 1.82) is 0 Å². The number of ether oxygens (including phenoxy) is 1. The highest BCUT2D eigenvalue weighted by Crippen LogP contribution is 2.16. The van der Waals surface area contributed by atoms with Crippen molar-refractivity contribution in [2.75, 3.05) is 13.7 Å². The van der Waals surface area contributed by atoms with Gasteiger partial charge in [-0.05, 0) is 12.8 Å². The van der Waals surface area contributed by atoms with Crippen molar-refractivity contribution in [3.8, 4) is 0 Å². The summed E-state index contributed by atoms with van der Waals surface area (Å²) in [4.78, 5) is 22.5. The van der Waals surface area contributed by atoms with Crippen molar-refractivity contribution in [1.82, 2.24) is 10.6 Å². The second kappa shape index (κ2) is 7.17. The largest absolute Gasteiger partial charge is 0.480 e. The molecule has 0 aromatic heterocycles. The maximum atomic E-state index is 11.6. The monoisotopic (exact) mass is 259 g/mol. The van der Waals surface area contributed by atoms with Crippen molar-refractivity contribution in [2.24, 2.45) is 5.73 Å². The van der Waals surface area contributed by atoms with Gasteiger partial charge in [-0.25, -0.2) is 9.59 Å². The van der Waals surface area contributed by atoms with Gasteiger partial charge in [0.15, 0.2) is 6.04 Å². The Bertz CT molecular complexity index is 298. The number of urea groups is 1. The minimum absolute atomic E-state index is 0.0600. The lowest BCUT2D eigenvalue weighted by Crippen LogP contribution is -2.55. The zero-order chi connectivity index (χ0) is 13.5. The second-order valence-corrected chi connectivity index (χ2v) is 4.52. The number of carboxylic acid groups (broad SMARTS) is 1. The van der Waals surface area contributed by atoms with E-state index in [1.54, 1.807) is 0 Å². The molecule has 7 nitrogen and oxygen atoms in total. The van der Waals surface area contributed by atoms with Crippen LogP contribution in [-0.2, 0) is 9.53 Å². The molecule has 1 fully saturated rings. The number of nitrogens with one attached hydrogen (secondary N) is 2. The highest BCUT2D eigenvalue weighted by molar-refractivity contribution is 5.82. The van der Waals surface area contributed by atoms with Gasteiger partial charge in [-0.2, -0.15) is 0 Å². The lowest BCUT2D eigenvalue weighted by Gasteiger charge is -2.29. The summed E-state index contributed by atoms with van der Waals surface area (Å²) in [5.74, 6) is -1.13. The Morgan fingerprint density at radius 1 is 1.44 bits per heavy atom. The van der Waals surface area contributed by atoms with Gasteiger partial charge in [0.05, 0.1) is 6.61 Å². The van der Waals surface area contributed by atoms with Crippen LogP contribution in [0.1, 0.15) is 25.7 Å². The average molecular weight is 259 g/mol. The van der Waals surface area contributed by atoms with Crippen molar-refractivity contribution in [2.45, 2.75) is 43.8 Å². The van der Waals surface area contributed by atoms with Crippen LogP contribution in [-0.4, -0.2) is 48.9 Å². The molecule has 1 rings (SSSR count). The summed E-state index contributed by atoms with van der Waals surface area (Å²) >= 11 is 0. The highest BCUT2D eigenvalue weighted by atomic mass is 16.5. The van der Waals surface area contributed by atoms with E-state index in [4.69, 9.17) is 15.6 Å². The number of carbonyl (C=O) groups is 2. The predicted octanol–water partition coefficient (Wildman–Crippen LogP) is -0.345. The number of hydrogen-bond donors (Lipinski definition) is 4. The predicted molar refractivity (Wildman–Crippen MR) is 65.2 cm³/mol. The lowest BCUT2D eigenvalue weighted by molar-refractivity contribution is -0.140. The molecule has 5 N–H and O–H groups in total. The SMILES string of the molecule is COCC(NC(=O)NC1CCCCC1N)C(=O)O. The van der Waals surface area contributed by atoms with E-state index in [2.05, 4.69) is 10.6 Å². The number of aliphatic carboxylic acids is 1. The normalized spacial score (nSPS) is 25.2. The maximum Gasteiger partial charge on any atom is 0.328 e. The Morgan fingerprint density at radius 3 is 2.67 bits per heavy atom. The van der Waals surface area contributed by atoms with E-state index in [1.165, 1.54) is 7.11 Å². The number of amides is 2. The van der Waals surface area contributed by atoms with Crippen LogP contribution >= 0.6 is 0 Å². The molecule has 0 aromatic rings. The van der Waals surface area contributed by atoms with Crippen LogP contribution in [0.3, 0.4) is 0 Å². The Hall–Kier alpha value is -1.34. The van der Waals surface area contributed by atoms with Crippen molar-refractivity contribution >= 4 is 12.0 Å². The van der Waals surface area contributed by atoms with Crippen molar-refractivity contribution in [3.63, 3.8) is 0 Å². The molecule has 0 spiro atoms. The first-order chi connectivity index (χ1) is 8.54. The number of rotatable bonds is 5. The Kier molecular flexibility index (Phi) is 5.87. The fraction of sp³-hybridized carbons (Fsp3) is 0.818. The first kappa shape index (κ1) is 14.7. The third-order valence-corrected chi connectivity index (χ3v) is 3.07. The molecule has 2 amide bonds. The first-order valence-electron chi connectivity index (χ1n) is 6.09. The summed E-state index contributed by atoms with van der Waals surface area (Å²) in [5, 5.41) is 13.9. The minimum atomic E-state index is -1.13. The second-order valence-electron chi connectivity index (χ2n) is 4.52. The van der Waals surface area contributed by atoms with E-state index >= 15 is 0 Å². The van der Waals surface area contributed by atoms with Crippen LogP contribution < -0.4 is 16.4 Å². The molecular weight excluding hydrogens is 238 g/mol. The standard InChI is InChI=1S/C11H21N3O4/c1-18-6-9(10(15)16)14-11(17)13-8-5-3-2-4-7(8)12/h7-9H,2-6,12H2,1H3,(H,15,16)(H2,13,14,17). The molecule has 104 valence electrons. The number of nitrogens with two attached hydrogens (primary N) is 1. The van der Waals surface area contributed by atoms with E-state index in [0.717, 1.165) is 25.7 Å². The van der Waals surface area contributed by atoms with Crippen LogP contribution in [0.4, 0.5) is 4.79 Å². The Morgan fingerprint density at radius 2 is 2.11 bits per heavy atom. The van der Waals surface area contributed by atoms with E-state index in [0.29, 0.717) is 0 Å². The van der Waals surface area contributed by atoms with Crippen molar-refractivity contribution in [3.05, 3.63) is 0 Å². The maximum absolute atomic E-state index is 11.6.